The average molecular weight is 232 g/mol. The van der Waals surface area contributed by atoms with Gasteiger partial charge in [-0.15, -0.1) is 0 Å². The Bertz CT molecular complexity index is 271. The van der Waals surface area contributed by atoms with Crippen LogP contribution in [0, 0.1) is 0 Å². The first-order valence-electron chi connectivity index (χ1n) is 2.46. The van der Waals surface area contributed by atoms with E-state index in [2.05, 4.69) is 4.74 Å². The smallest absolute Gasteiger partial charge is 0.283 e. The van der Waals surface area contributed by atoms with Crippen LogP contribution in [0.25, 0.3) is 0 Å². The third-order valence-corrected chi connectivity index (χ3v) is 1.73. The highest BCUT2D eigenvalue weighted by Crippen LogP contribution is 2.40. The summed E-state index contributed by atoms with van der Waals surface area (Å²) in [7, 11) is -6.86. The number of hydrogen-bond donors (Lipinski definition) is 0. The van der Waals surface area contributed by atoms with Crippen LogP contribution in [-0.4, -0.2) is 26.6 Å². The Balaban J connectivity index is 5.04. The monoisotopic (exact) mass is 232 g/mol. The molecule has 80 valence electrons. The molecule has 0 fully saturated rings. The Hall–Kier alpha value is -0.510. The first-order valence-corrected chi connectivity index (χ1v) is 3.84. The summed E-state index contributed by atoms with van der Waals surface area (Å²) < 4.78 is 91.5. The van der Waals surface area contributed by atoms with Crippen LogP contribution in [0.3, 0.4) is 0 Å². The van der Waals surface area contributed by atoms with Crippen LogP contribution in [0.15, 0.2) is 0 Å². The summed E-state index contributed by atoms with van der Waals surface area (Å²) in [4.78, 5) is 0. The quantitative estimate of drug-likeness (QED) is 0.543. The van der Waals surface area contributed by atoms with Crippen LogP contribution in [0.2, 0.25) is 0 Å². The Morgan fingerprint density at radius 1 is 1.15 bits per heavy atom. The minimum Gasteiger partial charge on any atom is -0.283 e. The molecule has 0 rings (SSSR count). The van der Waals surface area contributed by atoms with E-state index in [-0.39, 0.29) is 0 Å². The van der Waals surface area contributed by atoms with Crippen molar-refractivity contribution in [3.05, 3.63) is 0 Å². The maximum absolute atomic E-state index is 11.9. The molecule has 3 nitrogen and oxygen atoms in total. The summed E-state index contributed by atoms with van der Waals surface area (Å²) >= 11 is 0. The Labute approximate surface area is 68.5 Å². The minimum absolute atomic E-state index is 2.38. The second-order valence-corrected chi connectivity index (χ2v) is 3.11. The third kappa shape index (κ3) is 2.24. The van der Waals surface area contributed by atoms with Gasteiger partial charge in [-0.05, 0) is 0 Å². The topological polar surface area (TPSA) is 43.4 Å². The van der Waals surface area contributed by atoms with Crippen LogP contribution in [0.5, 0.6) is 0 Å². The van der Waals surface area contributed by atoms with Crippen LogP contribution in [0.4, 0.5) is 25.8 Å². The van der Waals surface area contributed by atoms with Crippen LogP contribution < -0.4 is 0 Å². The highest BCUT2D eigenvalue weighted by Gasteiger charge is 2.68. The van der Waals surface area contributed by atoms with E-state index in [9.17, 15) is 34.3 Å². The number of alkyl halides is 5. The number of rotatable bonds is 4. The van der Waals surface area contributed by atoms with Crippen molar-refractivity contribution >= 4 is 10.2 Å². The summed E-state index contributed by atoms with van der Waals surface area (Å²) in [6, 6.07) is 0. The van der Waals surface area contributed by atoms with Gasteiger partial charge in [0.1, 0.15) is 0 Å². The molecule has 0 spiro atoms. The Morgan fingerprint density at radius 3 is 1.77 bits per heavy atom. The van der Waals surface area contributed by atoms with Crippen molar-refractivity contribution in [2.75, 3.05) is 6.86 Å². The van der Waals surface area contributed by atoms with E-state index in [4.69, 9.17) is 0 Å². The fraction of sp³-hybridized carbons (Fsp3) is 1.00. The van der Waals surface area contributed by atoms with E-state index in [1.54, 1.807) is 0 Å². The van der Waals surface area contributed by atoms with Crippen LogP contribution in [0.1, 0.15) is 0 Å². The molecule has 0 heterocycles. The highest BCUT2D eigenvalue weighted by molar-refractivity contribution is 7.87. The molecule has 0 aliphatic heterocycles. The summed E-state index contributed by atoms with van der Waals surface area (Å²) in [6.07, 6.45) is -5.74. The second-order valence-electron chi connectivity index (χ2n) is 1.72. The van der Waals surface area contributed by atoms with Crippen molar-refractivity contribution in [1.29, 1.82) is 0 Å². The van der Waals surface area contributed by atoms with Gasteiger partial charge in [-0.25, -0.2) is 4.39 Å². The van der Waals surface area contributed by atoms with E-state index in [1.165, 1.54) is 0 Å². The number of ether oxygens (including phenoxy) is 1. The lowest BCUT2D eigenvalue weighted by Crippen LogP contribution is -2.47. The lowest BCUT2D eigenvalue weighted by Gasteiger charge is -2.20. The van der Waals surface area contributed by atoms with Crippen LogP contribution >= 0.6 is 0 Å². The van der Waals surface area contributed by atoms with E-state index >= 15 is 0 Å². The predicted octanol–water partition coefficient (Wildman–Crippen LogP) is 1.41. The van der Waals surface area contributed by atoms with Gasteiger partial charge in [0, 0.05) is 0 Å². The number of halogens is 6. The fourth-order valence-corrected chi connectivity index (χ4v) is 0.637. The summed E-state index contributed by atoms with van der Waals surface area (Å²) in [5.74, 6) is 0. The van der Waals surface area contributed by atoms with Gasteiger partial charge in [0.2, 0.25) is 0 Å². The molecule has 0 saturated heterocycles. The molecule has 0 saturated carbocycles. The molecular weight excluding hydrogens is 230 g/mol. The van der Waals surface area contributed by atoms with Crippen LogP contribution in [-0.2, 0) is 15.0 Å². The molecule has 0 aromatic heterocycles. The van der Waals surface area contributed by atoms with Gasteiger partial charge >= 0.3 is 21.6 Å². The maximum Gasteiger partial charge on any atom is 0.464 e. The van der Waals surface area contributed by atoms with Gasteiger partial charge in [-0.2, -0.15) is 26.0 Å². The van der Waals surface area contributed by atoms with Gasteiger partial charge < -0.3 is 0 Å². The molecule has 0 unspecified atom stereocenters. The zero-order valence-corrected chi connectivity index (χ0v) is 6.42. The molecule has 0 aromatic carbocycles. The zero-order chi connectivity index (χ0) is 10.9. The molecule has 13 heavy (non-hydrogen) atoms. The molecule has 0 aromatic rings. The van der Waals surface area contributed by atoms with E-state index in [1.807, 2.05) is 0 Å². The van der Waals surface area contributed by atoms with E-state index in [0.717, 1.165) is 0 Å². The summed E-state index contributed by atoms with van der Waals surface area (Å²) in [5.41, 5.74) is 0. The fourth-order valence-electron chi connectivity index (χ4n) is 0.294. The van der Waals surface area contributed by atoms with Crippen molar-refractivity contribution in [3.63, 3.8) is 0 Å². The molecule has 0 aliphatic carbocycles. The van der Waals surface area contributed by atoms with Gasteiger partial charge in [-0.1, -0.05) is 3.89 Å². The lowest BCUT2D eigenvalue weighted by atomic mass is 10.6. The lowest BCUT2D eigenvalue weighted by molar-refractivity contribution is -0.328. The SMILES string of the molecule is O=S(=O)(F)C(F)(F)C(F)(F)OCF. The molecule has 0 aliphatic rings. The van der Waals surface area contributed by atoms with Gasteiger partial charge in [-0.3, -0.25) is 4.74 Å². The first-order chi connectivity index (χ1) is 5.56. The largest absolute Gasteiger partial charge is 0.464 e. The average Bonchev–Trinajstić information content (AvgIpc) is 1.84. The van der Waals surface area contributed by atoms with Gasteiger partial charge in [0.05, 0.1) is 0 Å². The van der Waals surface area contributed by atoms with Crippen molar-refractivity contribution in [2.24, 2.45) is 0 Å². The first kappa shape index (κ1) is 12.5. The van der Waals surface area contributed by atoms with E-state index < -0.39 is 28.4 Å². The normalized spacial score (nSPS) is 14.6. The molecule has 0 radical (unpaired) electrons. The predicted molar refractivity (Wildman–Crippen MR) is 27.0 cm³/mol. The summed E-state index contributed by atoms with van der Waals surface area (Å²) in [5, 5.41) is -6.11. The van der Waals surface area contributed by atoms with Gasteiger partial charge in [0.25, 0.3) is 0 Å². The molecule has 10 heteroatoms. The Kier molecular flexibility index (Phi) is 3.20. The standard InChI is InChI=1S/C3H2F6O3S/c4-1-12-2(5,6)3(7,8)13(9,10)11/h1H2. The third-order valence-electron chi connectivity index (χ3n) is 0.881. The summed E-state index contributed by atoms with van der Waals surface area (Å²) in [6.45, 7) is -2.38. The Morgan fingerprint density at radius 2 is 1.54 bits per heavy atom. The van der Waals surface area contributed by atoms with Gasteiger partial charge in [0.15, 0.2) is 6.86 Å². The molecular formula is C3H2F6O3S. The molecule has 0 bridgehead atoms. The van der Waals surface area contributed by atoms with Crippen molar-refractivity contribution in [2.45, 2.75) is 11.4 Å². The molecule has 0 amide bonds. The molecule has 0 atom stereocenters. The van der Waals surface area contributed by atoms with Crippen molar-refractivity contribution < 1.29 is 39.0 Å². The second kappa shape index (κ2) is 3.33. The van der Waals surface area contributed by atoms with E-state index in [0.29, 0.717) is 0 Å². The maximum atomic E-state index is 11.9. The highest BCUT2D eigenvalue weighted by atomic mass is 32.3. The van der Waals surface area contributed by atoms with Crippen molar-refractivity contribution in [3.8, 4) is 0 Å². The van der Waals surface area contributed by atoms with Crippen molar-refractivity contribution in [1.82, 2.24) is 0 Å². The molecule has 0 N–H and O–H groups in total. The minimum atomic E-state index is -6.86. The number of hydrogen-bond acceptors (Lipinski definition) is 3. The zero-order valence-electron chi connectivity index (χ0n) is 5.61.